The third-order valence-corrected chi connectivity index (χ3v) is 0. The first-order chi connectivity index (χ1) is 10.0. The van der Waals surface area contributed by atoms with Crippen molar-refractivity contribution in [2.75, 3.05) is 0 Å². The fraction of sp³-hybridized carbons (Fsp3) is 0. The Morgan fingerprint density at radius 3 is 0.172 bits per heavy atom. The summed E-state index contributed by atoms with van der Waals surface area (Å²) in [6, 6.07) is 0. The molecule has 20 nitrogen and oxygen atoms in total. The molecular formula is O20Ta4Ti5. The Morgan fingerprint density at radius 1 is 0.172 bits per heavy atom. The van der Waals surface area contributed by atoms with Crippen molar-refractivity contribution in [1.82, 2.24) is 0 Å². The molecule has 0 aliphatic carbocycles. The predicted octanol–water partition coefficient (Wildman–Crippen LogP) is -23.8. The minimum atomic E-state index is -6.00. The zero-order valence-electron chi connectivity index (χ0n) is 12.5. The number of hydrogen-bond acceptors (Lipinski definition) is 20. The summed E-state index contributed by atoms with van der Waals surface area (Å²) in [7, 11) is 0. The fourth-order valence-electron chi connectivity index (χ4n) is 0. The van der Waals surface area contributed by atoms with Gasteiger partial charge in [-0.25, -0.2) is 0 Å². The zero-order chi connectivity index (χ0) is 22.5. The van der Waals surface area contributed by atoms with Gasteiger partial charge in [0.15, 0.2) is 0 Å². The molecule has 0 radical (unpaired) electrons. The Morgan fingerprint density at radius 2 is 0.172 bits per heavy atom. The van der Waals surface area contributed by atoms with Gasteiger partial charge < -0.3 is 0 Å². The third-order valence-electron chi connectivity index (χ3n) is 0. The van der Waals surface area contributed by atoms with Crippen molar-refractivity contribution < 1.29 is 254 Å². The van der Waals surface area contributed by atoms with Gasteiger partial charge in [0.25, 0.3) is 0 Å². The second kappa shape index (κ2) is 28.3. The zero-order valence-corrected chi connectivity index (χ0v) is 33.1. The van der Waals surface area contributed by atoms with Gasteiger partial charge >= 0.3 is 254 Å². The first kappa shape index (κ1) is 59.7. The molecule has 29 heteroatoms. The molecule has 0 bridgehead atoms. The summed E-state index contributed by atoms with van der Waals surface area (Å²) in [5.41, 5.74) is 0. The first-order valence-corrected chi connectivity index (χ1v) is 16.8. The van der Waals surface area contributed by atoms with Crippen LogP contribution in [-0.2, 0) is 180 Å². The van der Waals surface area contributed by atoms with Crippen LogP contribution in [0.25, 0.3) is 0 Å². The predicted molar refractivity (Wildman–Crippen MR) is 0 cm³/mol. The molecule has 0 amide bonds. The molecule has 0 heterocycles. The summed E-state index contributed by atoms with van der Waals surface area (Å²) in [4.78, 5) is 0. The molecule has 0 saturated heterocycles. The van der Waals surface area contributed by atoms with E-state index < -0.39 is 90.7 Å². The van der Waals surface area contributed by atoms with Gasteiger partial charge in [0, 0.05) is 0 Å². The Hall–Kier alpha value is 5.73. The van der Waals surface area contributed by atoms with Gasteiger partial charge in [0.05, 0.1) is 0 Å². The summed E-state index contributed by atoms with van der Waals surface area (Å²) in [5, 5.41) is 0. The van der Waals surface area contributed by atoms with Gasteiger partial charge in [0.2, 0.25) is 0 Å². The molecule has 0 aromatic heterocycles. The Kier molecular flexibility index (Phi) is 58.3. The topological polar surface area (TPSA) is 461 Å². The van der Waals surface area contributed by atoms with Gasteiger partial charge in [-0.15, -0.1) is 0 Å². The van der Waals surface area contributed by atoms with E-state index in [1.807, 2.05) is 0 Å². The van der Waals surface area contributed by atoms with E-state index >= 15 is 0 Å². The average Bonchev–Trinajstić information content (AvgIpc) is 1.79. The van der Waals surface area contributed by atoms with E-state index in [0.717, 1.165) is 0 Å². The van der Waals surface area contributed by atoms with Crippen molar-refractivity contribution in [3.8, 4) is 0 Å². The van der Waals surface area contributed by atoms with Crippen molar-refractivity contribution >= 4 is 0 Å². The largest absolute Gasteiger partial charge is 5.00 e. The normalized spacial score (nSPS) is 10.3. The quantitative estimate of drug-likeness (QED) is 0.203. The molecule has 0 aromatic rings. The fourth-order valence-corrected chi connectivity index (χ4v) is 0. The Bertz CT molecular complexity index is 182. The average molecular weight is 1280 g/mol. The van der Waals surface area contributed by atoms with E-state index in [2.05, 4.69) is 0 Å². The second-order valence-electron chi connectivity index (χ2n) is 2.50. The number of rotatable bonds is 0. The van der Waals surface area contributed by atoms with E-state index in [1.54, 1.807) is 0 Å². The molecule has 0 unspecified atom stereocenters. The third kappa shape index (κ3) is 1030. The van der Waals surface area contributed by atoms with Gasteiger partial charge in [-0.3, -0.25) is 0 Å². The molecule has 0 saturated carbocycles. The van der Waals surface area contributed by atoms with Gasteiger partial charge in [-0.2, -0.15) is 0 Å². The molecule has 0 aromatic carbocycles. The van der Waals surface area contributed by atoms with E-state index in [0.29, 0.717) is 0 Å². The van der Waals surface area contributed by atoms with Crippen LogP contribution in [0.2, 0.25) is 0 Å². The van der Waals surface area contributed by atoms with Crippen molar-refractivity contribution in [3.63, 3.8) is 0 Å². The maximum absolute atomic E-state index is 8.62. The molecule has 0 spiro atoms. The smallest absolute Gasteiger partial charge is 5.00 e. The summed E-state index contributed by atoms with van der Waals surface area (Å²) < 4.78 is 172. The van der Waals surface area contributed by atoms with Gasteiger partial charge in [-0.1, -0.05) is 0 Å². The van der Waals surface area contributed by atoms with Crippen molar-refractivity contribution in [2.24, 2.45) is 0 Å². The summed E-state index contributed by atoms with van der Waals surface area (Å²) >= 11 is -30.0. The van der Waals surface area contributed by atoms with Gasteiger partial charge in [0.1, 0.15) is 0 Å². The second-order valence-corrected chi connectivity index (χ2v) is 10.3. The molecule has 160 valence electrons. The maximum atomic E-state index is 8.62. The molecule has 0 fully saturated rings. The monoisotopic (exact) mass is 1280 g/mol. The van der Waals surface area contributed by atoms with Crippen molar-refractivity contribution in [3.05, 3.63) is 0 Å². The van der Waals surface area contributed by atoms with E-state index in [-0.39, 0.29) is 89.5 Å². The van der Waals surface area contributed by atoms with E-state index in [9.17, 15) is 0 Å². The van der Waals surface area contributed by atoms with Gasteiger partial charge in [-0.05, 0) is 0 Å². The van der Waals surface area contributed by atoms with Crippen LogP contribution in [0.5, 0.6) is 0 Å². The minimum absolute atomic E-state index is 0. The van der Waals surface area contributed by atoms with Crippen molar-refractivity contribution in [1.29, 1.82) is 0 Å². The van der Waals surface area contributed by atoms with E-state index in [4.69, 9.17) is 73.8 Å². The molecular weight excluding hydrogens is 1280 g/mol. The molecule has 0 atom stereocenters. The summed E-state index contributed by atoms with van der Waals surface area (Å²) in [6.45, 7) is 0. The SMILES string of the molecule is [O-][Ti]([O-])([O-])[O-].[O-][Ti]([O-])([O-])[O-].[O-][Ti]([O-])([O-])[O-].[O-][Ti]([O-])([O-])[O-].[O-][Ti]([O-])([O-])[O-].[Ta+5].[Ta+5].[Ta+5].[Ta+5]. The van der Waals surface area contributed by atoms with Crippen LogP contribution >= 0.6 is 0 Å². The van der Waals surface area contributed by atoms with Crippen LogP contribution in [0, 0.1) is 0 Å². The van der Waals surface area contributed by atoms with Crippen LogP contribution in [0.4, 0.5) is 0 Å². The first-order valence-electron chi connectivity index (χ1n) is 4.08. The maximum Gasteiger partial charge on any atom is 5.00 e. The molecule has 0 aliphatic rings. The summed E-state index contributed by atoms with van der Waals surface area (Å²) in [5.74, 6) is 0. The number of hydrogen-bond donors (Lipinski definition) is 0. The standard InChI is InChI=1S/20O.4Ta.5Ti/q20*-1;4*+5;;;;;. The molecule has 29 heavy (non-hydrogen) atoms. The Labute approximate surface area is 249 Å². The van der Waals surface area contributed by atoms with Crippen LogP contribution < -0.4 is 73.8 Å². The Balaban J connectivity index is -0.0000000238. The molecule has 0 N–H and O–H groups in total. The molecule has 0 rings (SSSR count). The minimum Gasteiger partial charge on any atom is 5.00 e. The summed E-state index contributed by atoms with van der Waals surface area (Å²) in [6.07, 6.45) is 0. The molecule has 0 aliphatic heterocycles. The van der Waals surface area contributed by atoms with Crippen molar-refractivity contribution in [2.45, 2.75) is 0 Å². The van der Waals surface area contributed by atoms with E-state index in [1.165, 1.54) is 0 Å². The van der Waals surface area contributed by atoms with Crippen LogP contribution in [0.3, 0.4) is 0 Å². The van der Waals surface area contributed by atoms with Crippen LogP contribution in [0.15, 0.2) is 0 Å². The van der Waals surface area contributed by atoms with Crippen LogP contribution in [0.1, 0.15) is 0 Å². The van der Waals surface area contributed by atoms with Crippen LogP contribution in [-0.4, -0.2) is 0 Å².